The topological polar surface area (TPSA) is 122 Å². The van der Waals surface area contributed by atoms with Gasteiger partial charge in [-0.05, 0) is 47.2 Å². The summed E-state index contributed by atoms with van der Waals surface area (Å²) in [6, 6.07) is 13.0. The second-order valence-corrected chi connectivity index (χ2v) is 7.33. The van der Waals surface area contributed by atoms with Gasteiger partial charge in [-0.25, -0.2) is 9.48 Å². The van der Waals surface area contributed by atoms with E-state index in [1.807, 2.05) is 43.3 Å². The van der Waals surface area contributed by atoms with E-state index >= 15 is 0 Å². The van der Waals surface area contributed by atoms with Crippen molar-refractivity contribution in [2.45, 2.75) is 13.5 Å². The molecule has 0 atom stereocenters. The van der Waals surface area contributed by atoms with E-state index in [2.05, 4.69) is 20.7 Å². The minimum Gasteiger partial charge on any atom is -0.489 e. The van der Waals surface area contributed by atoms with Crippen molar-refractivity contribution in [2.75, 3.05) is 7.11 Å². The van der Waals surface area contributed by atoms with Crippen LogP contribution in [-0.2, 0) is 20.7 Å². The lowest BCUT2D eigenvalue weighted by molar-refractivity contribution is 0.303. The molecule has 0 amide bonds. The highest BCUT2D eigenvalue weighted by Crippen LogP contribution is 2.32. The van der Waals surface area contributed by atoms with Crippen LogP contribution in [0.25, 0.3) is 16.9 Å². The minimum atomic E-state index is -0.337. The number of hydrogen-bond donors (Lipinski definition) is 1. The predicted octanol–water partition coefficient (Wildman–Crippen LogP) is 2.07. The minimum absolute atomic E-state index is 0.235. The van der Waals surface area contributed by atoms with Crippen molar-refractivity contribution < 1.29 is 14.7 Å². The summed E-state index contributed by atoms with van der Waals surface area (Å²) in [7, 11) is 4.83. The second kappa shape index (κ2) is 8.99. The molecule has 4 rings (SSSR count). The Bertz CT molecular complexity index is 1380. The quantitative estimate of drug-likeness (QED) is 0.260. The van der Waals surface area contributed by atoms with Crippen LogP contribution in [0.4, 0.5) is 0 Å². The highest BCUT2D eigenvalue weighted by Gasteiger charge is 2.18. The first-order chi connectivity index (χ1) is 15.9. The molecule has 0 aliphatic carbocycles. The van der Waals surface area contributed by atoms with E-state index in [0.29, 0.717) is 28.6 Å². The molecule has 0 spiro atoms. The Balaban J connectivity index is 1.61. The van der Waals surface area contributed by atoms with E-state index in [4.69, 9.17) is 14.7 Å². The highest BCUT2D eigenvalue weighted by atomic mass is 16.5. The van der Waals surface area contributed by atoms with Crippen LogP contribution in [0.3, 0.4) is 0 Å². The fraction of sp³-hybridized carbons (Fsp3) is 0.227. The lowest BCUT2D eigenvalue weighted by Gasteiger charge is -2.12. The Labute approximate surface area is 189 Å². The summed E-state index contributed by atoms with van der Waals surface area (Å²) in [5, 5.41) is 24.4. The molecular weight excluding hydrogens is 426 g/mol. The first-order valence-corrected chi connectivity index (χ1v) is 10.0. The summed E-state index contributed by atoms with van der Waals surface area (Å²) in [5.41, 5.74) is 3.96. The standard InChI is InChI=1S/C22H23N7O4/c1-14-11-15(20-17(12-23-31)21(32-4)27(2)24-20)9-10-19(14)33-13-16-7-5-6-8-18(16)29-22(30)28(3)25-26-29/h5-12,31H,13H2,1-4H3. The summed E-state index contributed by atoms with van der Waals surface area (Å²) < 4.78 is 15.4. The summed E-state index contributed by atoms with van der Waals surface area (Å²) in [4.78, 5) is 12.3. The normalized spacial score (nSPS) is 11.3. The van der Waals surface area contributed by atoms with Gasteiger partial charge in [0.15, 0.2) is 0 Å². The number of aromatic nitrogens is 6. The van der Waals surface area contributed by atoms with Crippen LogP contribution in [0, 0.1) is 6.92 Å². The van der Waals surface area contributed by atoms with Crippen molar-refractivity contribution in [2.24, 2.45) is 19.3 Å². The van der Waals surface area contributed by atoms with Crippen LogP contribution in [-0.4, -0.2) is 48.1 Å². The average Bonchev–Trinajstić information content (AvgIpc) is 3.31. The summed E-state index contributed by atoms with van der Waals surface area (Å²) >= 11 is 0. The van der Waals surface area contributed by atoms with Gasteiger partial charge in [-0.15, -0.1) is 0 Å². The molecule has 0 aliphatic heterocycles. The lowest BCUT2D eigenvalue weighted by atomic mass is 10.1. The first-order valence-electron chi connectivity index (χ1n) is 10.0. The molecule has 0 unspecified atom stereocenters. The number of ether oxygens (including phenoxy) is 2. The molecule has 0 saturated carbocycles. The van der Waals surface area contributed by atoms with E-state index < -0.39 is 0 Å². The summed E-state index contributed by atoms with van der Waals surface area (Å²) in [5.74, 6) is 1.16. The molecule has 1 N–H and O–H groups in total. The smallest absolute Gasteiger partial charge is 0.368 e. The summed E-state index contributed by atoms with van der Waals surface area (Å²) in [6.07, 6.45) is 1.30. The fourth-order valence-corrected chi connectivity index (χ4v) is 3.57. The summed E-state index contributed by atoms with van der Waals surface area (Å²) in [6.45, 7) is 2.16. The molecule has 2 heterocycles. The van der Waals surface area contributed by atoms with Gasteiger partial charge in [0.25, 0.3) is 0 Å². The third kappa shape index (κ3) is 4.07. The van der Waals surface area contributed by atoms with Crippen LogP contribution < -0.4 is 15.2 Å². The van der Waals surface area contributed by atoms with E-state index in [1.165, 1.54) is 22.7 Å². The lowest BCUT2D eigenvalue weighted by Crippen LogP contribution is -2.23. The molecule has 4 aromatic rings. The van der Waals surface area contributed by atoms with Crippen LogP contribution in [0.1, 0.15) is 16.7 Å². The molecule has 2 aromatic heterocycles. The number of hydrogen-bond acceptors (Lipinski definition) is 8. The van der Waals surface area contributed by atoms with Crippen LogP contribution in [0.2, 0.25) is 0 Å². The van der Waals surface area contributed by atoms with E-state index in [-0.39, 0.29) is 12.3 Å². The van der Waals surface area contributed by atoms with Gasteiger partial charge >= 0.3 is 5.69 Å². The van der Waals surface area contributed by atoms with Gasteiger partial charge in [0.1, 0.15) is 18.1 Å². The van der Waals surface area contributed by atoms with Crippen molar-refractivity contribution in [1.82, 2.24) is 29.6 Å². The van der Waals surface area contributed by atoms with Crippen molar-refractivity contribution in [1.29, 1.82) is 0 Å². The van der Waals surface area contributed by atoms with Crippen molar-refractivity contribution in [3.05, 3.63) is 69.6 Å². The highest BCUT2D eigenvalue weighted by molar-refractivity contribution is 5.91. The van der Waals surface area contributed by atoms with Gasteiger partial charge in [-0.2, -0.15) is 14.5 Å². The van der Waals surface area contributed by atoms with Crippen LogP contribution in [0.15, 0.2) is 52.4 Å². The molecule has 0 bridgehead atoms. The zero-order valence-electron chi connectivity index (χ0n) is 18.6. The number of rotatable bonds is 7. The predicted molar refractivity (Wildman–Crippen MR) is 120 cm³/mol. The third-order valence-electron chi connectivity index (χ3n) is 5.18. The Hall–Kier alpha value is -4.41. The maximum Gasteiger partial charge on any atom is 0.368 e. The zero-order valence-corrected chi connectivity index (χ0v) is 18.6. The van der Waals surface area contributed by atoms with Crippen LogP contribution in [0.5, 0.6) is 11.6 Å². The largest absolute Gasteiger partial charge is 0.489 e. The molecule has 0 fully saturated rings. The number of tetrazole rings is 1. The average molecular weight is 449 g/mol. The Morgan fingerprint density at radius 3 is 2.58 bits per heavy atom. The monoisotopic (exact) mass is 449 g/mol. The van der Waals surface area contributed by atoms with E-state index in [1.54, 1.807) is 24.8 Å². The zero-order chi connectivity index (χ0) is 23.5. The van der Waals surface area contributed by atoms with Gasteiger partial charge in [-0.3, -0.25) is 0 Å². The van der Waals surface area contributed by atoms with Gasteiger partial charge in [-0.1, -0.05) is 23.4 Å². The molecular formula is C22H23N7O4. The molecule has 33 heavy (non-hydrogen) atoms. The maximum absolute atomic E-state index is 12.3. The number of para-hydroxylation sites is 1. The molecule has 0 aliphatic rings. The molecule has 11 nitrogen and oxygen atoms in total. The van der Waals surface area contributed by atoms with Gasteiger partial charge in [0.2, 0.25) is 5.88 Å². The molecule has 0 radical (unpaired) electrons. The van der Waals surface area contributed by atoms with Crippen LogP contribution >= 0.6 is 0 Å². The number of oxime groups is 1. The van der Waals surface area contributed by atoms with Gasteiger partial charge < -0.3 is 14.7 Å². The molecule has 0 saturated heterocycles. The number of benzene rings is 2. The number of aryl methyl sites for hydroxylation is 3. The first kappa shape index (κ1) is 21.8. The number of nitrogens with zero attached hydrogens (tertiary/aromatic N) is 7. The Kier molecular flexibility index (Phi) is 5.94. The van der Waals surface area contributed by atoms with E-state index in [0.717, 1.165) is 16.7 Å². The molecule has 170 valence electrons. The molecule has 2 aromatic carbocycles. The number of methoxy groups -OCH3 is 1. The van der Waals surface area contributed by atoms with Crippen molar-refractivity contribution in [3.8, 4) is 28.6 Å². The van der Waals surface area contributed by atoms with Gasteiger partial charge in [0.05, 0.1) is 24.6 Å². The SMILES string of the molecule is COc1c(C=NO)c(-c2ccc(OCc3ccccc3-n3nnn(C)c3=O)c(C)c2)nn1C. The Morgan fingerprint density at radius 2 is 1.91 bits per heavy atom. The van der Waals surface area contributed by atoms with Crippen molar-refractivity contribution >= 4 is 6.21 Å². The third-order valence-corrected chi connectivity index (χ3v) is 5.18. The fourth-order valence-electron chi connectivity index (χ4n) is 3.57. The second-order valence-electron chi connectivity index (χ2n) is 7.33. The van der Waals surface area contributed by atoms with Gasteiger partial charge in [0, 0.05) is 25.2 Å². The maximum atomic E-state index is 12.3. The molecule has 11 heteroatoms. The Morgan fingerprint density at radius 1 is 1.12 bits per heavy atom. The van der Waals surface area contributed by atoms with E-state index in [9.17, 15) is 4.79 Å². The van der Waals surface area contributed by atoms with Crippen molar-refractivity contribution in [3.63, 3.8) is 0 Å².